The van der Waals surface area contributed by atoms with Crippen molar-refractivity contribution in [3.63, 3.8) is 0 Å². The van der Waals surface area contributed by atoms with Crippen LogP contribution in [0.3, 0.4) is 0 Å². The first-order valence-electron chi connectivity index (χ1n) is 7.35. The van der Waals surface area contributed by atoms with Crippen LogP contribution in [-0.2, 0) is 14.5 Å². The maximum atomic E-state index is 13.8. The number of halogens is 1. The van der Waals surface area contributed by atoms with E-state index < -0.39 is 22.6 Å². The van der Waals surface area contributed by atoms with Crippen LogP contribution in [0.25, 0.3) is 0 Å². The lowest BCUT2D eigenvalue weighted by molar-refractivity contribution is -0.122. The molecule has 1 fully saturated rings. The summed E-state index contributed by atoms with van der Waals surface area (Å²) in [6.45, 7) is 0. The second kappa shape index (κ2) is 5.32. The van der Waals surface area contributed by atoms with Crippen LogP contribution in [-0.4, -0.2) is 28.6 Å². The summed E-state index contributed by atoms with van der Waals surface area (Å²) < 4.78 is 13.8. The van der Waals surface area contributed by atoms with Crippen LogP contribution >= 0.6 is 11.8 Å². The van der Waals surface area contributed by atoms with Crippen LogP contribution in [0.15, 0.2) is 42.5 Å². The molecule has 1 unspecified atom stereocenters. The molecule has 126 valence electrons. The van der Waals surface area contributed by atoms with Gasteiger partial charge in [-0.3, -0.25) is 14.5 Å². The van der Waals surface area contributed by atoms with E-state index >= 15 is 0 Å². The molecule has 1 spiro atoms. The van der Waals surface area contributed by atoms with Crippen molar-refractivity contribution in [2.45, 2.75) is 4.87 Å². The summed E-state index contributed by atoms with van der Waals surface area (Å²) in [6.07, 6.45) is 0. The molecule has 1 saturated heterocycles. The summed E-state index contributed by atoms with van der Waals surface area (Å²) in [6, 6.07) is 9.62. The number of anilines is 2. The molecule has 2 heterocycles. The summed E-state index contributed by atoms with van der Waals surface area (Å²) in [5.41, 5.74) is 1.29. The Balaban J connectivity index is 1.87. The summed E-state index contributed by atoms with van der Waals surface area (Å²) in [4.78, 5) is 36.2. The number of fused-ring (bicyclic) bond motifs is 2. The second-order valence-electron chi connectivity index (χ2n) is 5.66. The quantitative estimate of drug-likeness (QED) is 0.861. The van der Waals surface area contributed by atoms with Crippen LogP contribution in [0.1, 0.15) is 15.9 Å². The first-order valence-corrected chi connectivity index (χ1v) is 8.34. The standard InChI is InChI=1S/C17H11FN2O4S/c18-10-3-6-13-12(7-10)17(16(24)19-13)20(14(21)8-25-17)11-4-1-9(2-5-11)15(22)23/h1-7H,8H2,(H,19,24)(H,22,23). The van der Waals surface area contributed by atoms with E-state index in [2.05, 4.69) is 5.32 Å². The highest BCUT2D eigenvalue weighted by molar-refractivity contribution is 8.02. The molecule has 8 heteroatoms. The molecule has 2 aromatic carbocycles. The monoisotopic (exact) mass is 358 g/mol. The lowest BCUT2D eigenvalue weighted by Gasteiger charge is -2.32. The number of nitrogens with one attached hydrogen (secondary N) is 1. The van der Waals surface area contributed by atoms with Gasteiger partial charge in [-0.25, -0.2) is 9.18 Å². The number of hydrogen-bond donors (Lipinski definition) is 2. The van der Waals surface area contributed by atoms with Gasteiger partial charge in [-0.05, 0) is 42.5 Å². The van der Waals surface area contributed by atoms with Crippen molar-refractivity contribution in [1.29, 1.82) is 0 Å². The number of nitrogens with zero attached hydrogens (tertiary/aromatic N) is 1. The first kappa shape index (κ1) is 15.6. The Bertz CT molecular complexity index is 931. The zero-order valence-corrected chi connectivity index (χ0v) is 13.5. The van der Waals surface area contributed by atoms with Gasteiger partial charge < -0.3 is 10.4 Å². The van der Waals surface area contributed by atoms with Crippen LogP contribution in [0.2, 0.25) is 0 Å². The molecule has 0 saturated carbocycles. The lowest BCUT2D eigenvalue weighted by Crippen LogP contribution is -2.47. The Morgan fingerprint density at radius 2 is 1.92 bits per heavy atom. The van der Waals surface area contributed by atoms with E-state index in [1.807, 2.05) is 0 Å². The van der Waals surface area contributed by atoms with Crippen molar-refractivity contribution in [2.75, 3.05) is 16.0 Å². The zero-order valence-electron chi connectivity index (χ0n) is 12.7. The van der Waals surface area contributed by atoms with E-state index in [1.54, 1.807) is 0 Å². The van der Waals surface area contributed by atoms with Crippen molar-refractivity contribution in [3.8, 4) is 0 Å². The fraction of sp³-hybridized carbons (Fsp3) is 0.118. The van der Waals surface area contributed by atoms with Gasteiger partial charge in [0.1, 0.15) is 5.82 Å². The maximum Gasteiger partial charge on any atom is 0.335 e. The Kier molecular flexibility index (Phi) is 3.33. The van der Waals surface area contributed by atoms with E-state index in [0.29, 0.717) is 16.9 Å². The molecule has 25 heavy (non-hydrogen) atoms. The molecule has 2 amide bonds. The molecule has 0 aromatic heterocycles. The minimum atomic E-state index is -1.39. The third-order valence-electron chi connectivity index (χ3n) is 4.24. The van der Waals surface area contributed by atoms with Crippen molar-refractivity contribution >= 4 is 40.9 Å². The predicted molar refractivity (Wildman–Crippen MR) is 90.1 cm³/mol. The topological polar surface area (TPSA) is 86.7 Å². The van der Waals surface area contributed by atoms with Crippen molar-refractivity contribution in [2.24, 2.45) is 0 Å². The van der Waals surface area contributed by atoms with Crippen molar-refractivity contribution < 1.29 is 23.9 Å². The Morgan fingerprint density at radius 1 is 1.20 bits per heavy atom. The van der Waals surface area contributed by atoms with Crippen molar-refractivity contribution in [3.05, 3.63) is 59.4 Å². The van der Waals surface area contributed by atoms with Gasteiger partial charge in [0.15, 0.2) is 0 Å². The van der Waals surface area contributed by atoms with Gasteiger partial charge in [0.25, 0.3) is 5.91 Å². The number of benzene rings is 2. The Hall–Kier alpha value is -2.87. The molecule has 0 aliphatic carbocycles. The normalized spacial score (nSPS) is 21.6. The summed E-state index contributed by atoms with van der Waals surface area (Å²) in [7, 11) is 0. The highest BCUT2D eigenvalue weighted by atomic mass is 32.2. The Labute approximate surface area is 145 Å². The van der Waals surface area contributed by atoms with E-state index in [1.165, 1.54) is 47.4 Å². The van der Waals surface area contributed by atoms with Crippen LogP contribution in [0.4, 0.5) is 15.8 Å². The van der Waals surface area contributed by atoms with Gasteiger partial charge in [-0.2, -0.15) is 0 Å². The molecule has 2 aromatic rings. The van der Waals surface area contributed by atoms with Gasteiger partial charge >= 0.3 is 5.97 Å². The second-order valence-corrected chi connectivity index (χ2v) is 6.83. The van der Waals surface area contributed by atoms with Gasteiger partial charge in [0.05, 0.1) is 11.3 Å². The molecule has 0 bridgehead atoms. The number of hydrogen-bond acceptors (Lipinski definition) is 4. The average molecular weight is 358 g/mol. The van der Waals surface area contributed by atoms with E-state index in [0.717, 1.165) is 11.8 Å². The molecule has 0 radical (unpaired) electrons. The zero-order chi connectivity index (χ0) is 17.8. The molecule has 2 aliphatic heterocycles. The molecule has 2 N–H and O–H groups in total. The third-order valence-corrected chi connectivity index (χ3v) is 5.64. The van der Waals surface area contributed by atoms with E-state index in [-0.39, 0.29) is 17.2 Å². The first-order chi connectivity index (χ1) is 11.9. The SMILES string of the molecule is O=C(O)c1ccc(N2C(=O)CSC23C(=O)Nc2ccc(F)cc23)cc1. The van der Waals surface area contributed by atoms with Crippen LogP contribution in [0.5, 0.6) is 0 Å². The van der Waals surface area contributed by atoms with Crippen LogP contribution < -0.4 is 10.2 Å². The number of aromatic carboxylic acids is 1. The van der Waals surface area contributed by atoms with Gasteiger partial charge in [-0.15, -0.1) is 11.8 Å². The third kappa shape index (κ3) is 2.14. The Morgan fingerprint density at radius 3 is 2.60 bits per heavy atom. The number of carboxylic acids is 1. The molecule has 1 atom stereocenters. The number of carbonyl (C=O) groups excluding carboxylic acids is 2. The fourth-order valence-electron chi connectivity index (χ4n) is 3.15. The van der Waals surface area contributed by atoms with Crippen molar-refractivity contribution in [1.82, 2.24) is 0 Å². The fourth-order valence-corrected chi connectivity index (χ4v) is 4.45. The highest BCUT2D eigenvalue weighted by Crippen LogP contribution is 2.53. The summed E-state index contributed by atoms with van der Waals surface area (Å²) in [5, 5.41) is 11.7. The van der Waals surface area contributed by atoms with Crippen LogP contribution in [0, 0.1) is 5.82 Å². The van der Waals surface area contributed by atoms with E-state index in [9.17, 15) is 18.8 Å². The van der Waals surface area contributed by atoms with E-state index in [4.69, 9.17) is 5.11 Å². The van der Waals surface area contributed by atoms with Gasteiger partial charge in [0.2, 0.25) is 10.8 Å². The molecule has 6 nitrogen and oxygen atoms in total. The van der Waals surface area contributed by atoms with Gasteiger partial charge in [0, 0.05) is 16.9 Å². The number of thioether (sulfide) groups is 1. The minimum Gasteiger partial charge on any atom is -0.478 e. The summed E-state index contributed by atoms with van der Waals surface area (Å²) >= 11 is 1.11. The number of rotatable bonds is 2. The average Bonchev–Trinajstić information content (AvgIpc) is 3.07. The minimum absolute atomic E-state index is 0.0596. The maximum absolute atomic E-state index is 13.8. The smallest absolute Gasteiger partial charge is 0.335 e. The number of carboxylic acid groups (broad SMARTS) is 1. The molecular weight excluding hydrogens is 347 g/mol. The lowest BCUT2D eigenvalue weighted by atomic mass is 10.0. The highest BCUT2D eigenvalue weighted by Gasteiger charge is 2.58. The molecule has 2 aliphatic rings. The summed E-state index contributed by atoms with van der Waals surface area (Å²) in [5.74, 6) is -2.26. The molecule has 4 rings (SSSR count). The van der Waals surface area contributed by atoms with Gasteiger partial charge in [-0.1, -0.05) is 0 Å². The number of carbonyl (C=O) groups is 3. The largest absolute Gasteiger partial charge is 0.478 e. The number of amides is 2. The predicted octanol–water partition coefficient (Wildman–Crippen LogP) is 2.41. The molecular formula is C17H11FN2O4S.